The van der Waals surface area contributed by atoms with Crippen molar-refractivity contribution < 1.29 is 18.8 Å². The first-order chi connectivity index (χ1) is 9.42. The summed E-state index contributed by atoms with van der Waals surface area (Å²) < 4.78 is 18.4. The fourth-order valence-corrected chi connectivity index (χ4v) is 2.08. The number of nitrogens with zero attached hydrogens (tertiary/aromatic N) is 1. The molecular formula is C12H14FN3O4. The minimum absolute atomic E-state index is 0.0887. The van der Waals surface area contributed by atoms with Crippen molar-refractivity contribution in [2.24, 2.45) is 0 Å². The van der Waals surface area contributed by atoms with Gasteiger partial charge in [0.25, 0.3) is 11.6 Å². The van der Waals surface area contributed by atoms with Gasteiger partial charge >= 0.3 is 0 Å². The molecule has 0 atom stereocenters. The summed E-state index contributed by atoms with van der Waals surface area (Å²) in [5.41, 5.74) is 4.38. The number of anilines is 1. The van der Waals surface area contributed by atoms with Gasteiger partial charge in [-0.05, 0) is 18.9 Å². The summed E-state index contributed by atoms with van der Waals surface area (Å²) in [5.74, 6) is -1.50. The van der Waals surface area contributed by atoms with Crippen LogP contribution in [-0.4, -0.2) is 30.1 Å². The monoisotopic (exact) mass is 283 g/mol. The van der Waals surface area contributed by atoms with Gasteiger partial charge < -0.3 is 15.8 Å². The number of hydrogen-bond donors (Lipinski definition) is 2. The SMILES string of the molecule is COC1CC(NC(=O)c2cc(F)cc([N+](=O)[O-])c2N)C1. The summed E-state index contributed by atoms with van der Waals surface area (Å²) in [5, 5.41) is 13.4. The van der Waals surface area contributed by atoms with E-state index in [1.165, 1.54) is 0 Å². The Bertz CT molecular complexity index is 558. The third kappa shape index (κ3) is 2.69. The first kappa shape index (κ1) is 14.2. The van der Waals surface area contributed by atoms with E-state index >= 15 is 0 Å². The van der Waals surface area contributed by atoms with Crippen LogP contribution in [0, 0.1) is 15.9 Å². The molecule has 0 bridgehead atoms. The summed E-state index contributed by atoms with van der Waals surface area (Å²) >= 11 is 0. The standard InChI is InChI=1S/C12H14FN3O4/c1-20-8-4-7(5-8)15-12(17)9-2-6(13)3-10(11(9)14)16(18)19/h2-3,7-8H,4-5,14H2,1H3,(H,15,17). The van der Waals surface area contributed by atoms with Crippen molar-refractivity contribution in [1.29, 1.82) is 0 Å². The Morgan fingerprint density at radius 1 is 1.55 bits per heavy atom. The third-order valence-electron chi connectivity index (χ3n) is 3.33. The lowest BCUT2D eigenvalue weighted by Crippen LogP contribution is -2.47. The fourth-order valence-electron chi connectivity index (χ4n) is 2.08. The highest BCUT2D eigenvalue weighted by atomic mass is 19.1. The van der Waals surface area contributed by atoms with Crippen LogP contribution in [0.4, 0.5) is 15.8 Å². The molecule has 0 heterocycles. The maximum atomic E-state index is 13.3. The number of nitrogen functional groups attached to an aromatic ring is 1. The van der Waals surface area contributed by atoms with E-state index in [-0.39, 0.29) is 23.4 Å². The van der Waals surface area contributed by atoms with Crippen LogP contribution in [-0.2, 0) is 4.74 Å². The Balaban J connectivity index is 2.16. The number of hydrogen-bond acceptors (Lipinski definition) is 5. The number of carbonyl (C=O) groups is 1. The van der Waals surface area contributed by atoms with E-state index in [2.05, 4.69) is 5.32 Å². The van der Waals surface area contributed by atoms with Gasteiger partial charge in [0, 0.05) is 13.2 Å². The number of methoxy groups -OCH3 is 1. The lowest BCUT2D eigenvalue weighted by Gasteiger charge is -2.34. The van der Waals surface area contributed by atoms with Crippen LogP contribution >= 0.6 is 0 Å². The molecule has 0 aliphatic heterocycles. The highest BCUT2D eigenvalue weighted by molar-refractivity contribution is 6.01. The van der Waals surface area contributed by atoms with Crippen LogP contribution in [0.25, 0.3) is 0 Å². The summed E-state index contributed by atoms with van der Waals surface area (Å²) in [6, 6.07) is 1.50. The quantitative estimate of drug-likeness (QED) is 0.491. The van der Waals surface area contributed by atoms with Crippen molar-refractivity contribution in [2.75, 3.05) is 12.8 Å². The van der Waals surface area contributed by atoms with Gasteiger partial charge in [0.15, 0.2) is 0 Å². The van der Waals surface area contributed by atoms with Crippen molar-refractivity contribution in [3.8, 4) is 0 Å². The van der Waals surface area contributed by atoms with Crippen molar-refractivity contribution >= 4 is 17.3 Å². The smallest absolute Gasteiger partial charge is 0.295 e. The van der Waals surface area contributed by atoms with Gasteiger partial charge in [-0.1, -0.05) is 0 Å². The van der Waals surface area contributed by atoms with Crippen LogP contribution in [0.3, 0.4) is 0 Å². The molecule has 0 unspecified atom stereocenters. The number of rotatable bonds is 4. The number of carbonyl (C=O) groups excluding carboxylic acids is 1. The zero-order valence-corrected chi connectivity index (χ0v) is 10.8. The van der Waals surface area contributed by atoms with Gasteiger partial charge in [0.05, 0.1) is 22.7 Å². The molecule has 0 radical (unpaired) electrons. The molecule has 108 valence electrons. The Kier molecular flexibility index (Phi) is 3.84. The average Bonchev–Trinajstić information content (AvgIpc) is 2.34. The maximum Gasteiger partial charge on any atom is 0.295 e. The molecule has 0 saturated heterocycles. The van der Waals surface area contributed by atoms with Gasteiger partial charge in [0.1, 0.15) is 11.5 Å². The van der Waals surface area contributed by atoms with Crippen molar-refractivity contribution in [2.45, 2.75) is 25.0 Å². The molecule has 1 saturated carbocycles. The maximum absolute atomic E-state index is 13.3. The second-order valence-corrected chi connectivity index (χ2v) is 4.64. The molecule has 2 rings (SSSR count). The topological polar surface area (TPSA) is 107 Å². The van der Waals surface area contributed by atoms with Crippen LogP contribution < -0.4 is 11.1 Å². The molecule has 3 N–H and O–H groups in total. The van der Waals surface area contributed by atoms with Crippen LogP contribution in [0.5, 0.6) is 0 Å². The fraction of sp³-hybridized carbons (Fsp3) is 0.417. The van der Waals surface area contributed by atoms with Gasteiger partial charge in [-0.3, -0.25) is 14.9 Å². The number of nitro benzene ring substituents is 1. The molecule has 1 aromatic rings. The number of nitrogens with two attached hydrogens (primary N) is 1. The minimum Gasteiger partial charge on any atom is -0.393 e. The first-order valence-electron chi connectivity index (χ1n) is 5.99. The van der Waals surface area contributed by atoms with Crippen molar-refractivity contribution in [3.63, 3.8) is 0 Å². The Morgan fingerprint density at radius 2 is 2.20 bits per heavy atom. The van der Waals surface area contributed by atoms with E-state index in [4.69, 9.17) is 10.5 Å². The predicted molar refractivity (Wildman–Crippen MR) is 68.8 cm³/mol. The molecular weight excluding hydrogens is 269 g/mol. The number of nitro groups is 1. The van der Waals surface area contributed by atoms with Gasteiger partial charge in [-0.15, -0.1) is 0 Å². The molecule has 20 heavy (non-hydrogen) atoms. The summed E-state index contributed by atoms with van der Waals surface area (Å²) in [7, 11) is 1.58. The number of amides is 1. The summed E-state index contributed by atoms with van der Waals surface area (Å²) in [6.07, 6.45) is 1.40. The second kappa shape index (κ2) is 5.41. The molecule has 1 amide bonds. The molecule has 7 nitrogen and oxygen atoms in total. The third-order valence-corrected chi connectivity index (χ3v) is 3.33. The van der Waals surface area contributed by atoms with Crippen LogP contribution in [0.1, 0.15) is 23.2 Å². The van der Waals surface area contributed by atoms with Crippen LogP contribution in [0.2, 0.25) is 0 Å². The lowest BCUT2D eigenvalue weighted by atomic mass is 9.89. The molecule has 0 spiro atoms. The van der Waals surface area contributed by atoms with Gasteiger partial charge in [-0.2, -0.15) is 0 Å². The summed E-state index contributed by atoms with van der Waals surface area (Å²) in [4.78, 5) is 21.9. The molecule has 0 aromatic heterocycles. The average molecular weight is 283 g/mol. The van der Waals surface area contributed by atoms with E-state index in [9.17, 15) is 19.3 Å². The lowest BCUT2D eigenvalue weighted by molar-refractivity contribution is -0.384. The zero-order chi connectivity index (χ0) is 14.9. The summed E-state index contributed by atoms with van der Waals surface area (Å²) in [6.45, 7) is 0. The molecule has 8 heteroatoms. The Morgan fingerprint density at radius 3 is 2.75 bits per heavy atom. The number of nitrogens with one attached hydrogen (secondary N) is 1. The van der Waals surface area contributed by atoms with E-state index in [1.54, 1.807) is 7.11 Å². The van der Waals surface area contributed by atoms with Crippen molar-refractivity contribution in [3.05, 3.63) is 33.6 Å². The zero-order valence-electron chi connectivity index (χ0n) is 10.8. The molecule has 1 aliphatic rings. The number of benzene rings is 1. The van der Waals surface area contributed by atoms with E-state index in [1.807, 2.05) is 0 Å². The van der Waals surface area contributed by atoms with E-state index in [0.717, 1.165) is 6.07 Å². The minimum atomic E-state index is -0.876. The Hall–Kier alpha value is -2.22. The largest absolute Gasteiger partial charge is 0.393 e. The number of halogens is 1. The van der Waals surface area contributed by atoms with Gasteiger partial charge in [0.2, 0.25) is 0 Å². The van der Waals surface area contributed by atoms with Gasteiger partial charge in [-0.25, -0.2) is 4.39 Å². The normalized spacial score (nSPS) is 21.1. The molecule has 1 aliphatic carbocycles. The highest BCUT2D eigenvalue weighted by Gasteiger charge is 2.31. The second-order valence-electron chi connectivity index (χ2n) is 4.64. The predicted octanol–water partition coefficient (Wildman–Crippen LogP) is 1.22. The molecule has 1 aromatic carbocycles. The molecule has 1 fully saturated rings. The van der Waals surface area contributed by atoms with Crippen LogP contribution in [0.15, 0.2) is 12.1 Å². The van der Waals surface area contributed by atoms with E-state index < -0.39 is 22.3 Å². The first-order valence-corrected chi connectivity index (χ1v) is 5.99. The Labute approximate surface area is 114 Å². The van der Waals surface area contributed by atoms with Crippen molar-refractivity contribution in [1.82, 2.24) is 5.32 Å². The van der Waals surface area contributed by atoms with E-state index in [0.29, 0.717) is 18.9 Å². The number of ether oxygens (including phenoxy) is 1. The highest BCUT2D eigenvalue weighted by Crippen LogP contribution is 2.28.